The van der Waals surface area contributed by atoms with Gasteiger partial charge in [-0.2, -0.15) is 0 Å². The number of nitrogens with zero attached hydrogens (tertiary/aromatic N) is 2. The molecule has 3 rings (SSSR count). The molecule has 20 heavy (non-hydrogen) atoms. The molecule has 1 N–H and O–H groups in total. The molecule has 1 heterocycles. The smallest absolute Gasteiger partial charge is 0.159 e. The molecule has 2 unspecified atom stereocenters. The van der Waals surface area contributed by atoms with Crippen LogP contribution in [0.15, 0.2) is 42.7 Å². The second-order valence-corrected chi connectivity index (χ2v) is 5.67. The third-order valence-electron chi connectivity index (χ3n) is 4.15. The molecular formula is C17H21N3. The van der Waals surface area contributed by atoms with Gasteiger partial charge >= 0.3 is 0 Å². The highest BCUT2D eigenvalue weighted by atomic mass is 15.0. The summed E-state index contributed by atoms with van der Waals surface area (Å²) >= 11 is 0. The Morgan fingerprint density at radius 3 is 2.40 bits per heavy atom. The van der Waals surface area contributed by atoms with Crippen molar-refractivity contribution in [3.05, 3.63) is 42.7 Å². The quantitative estimate of drug-likeness (QED) is 0.908. The molecular weight excluding hydrogens is 246 g/mol. The third kappa shape index (κ3) is 2.98. The average molecular weight is 267 g/mol. The van der Waals surface area contributed by atoms with Crippen molar-refractivity contribution in [3.63, 3.8) is 0 Å². The summed E-state index contributed by atoms with van der Waals surface area (Å²) in [5.41, 5.74) is 2.09. The minimum absolute atomic E-state index is 0.565. The number of hydrogen-bond donors (Lipinski definition) is 1. The topological polar surface area (TPSA) is 37.8 Å². The predicted molar refractivity (Wildman–Crippen MR) is 82.5 cm³/mol. The molecule has 3 heteroatoms. The fourth-order valence-corrected chi connectivity index (χ4v) is 2.88. The zero-order valence-electron chi connectivity index (χ0n) is 11.9. The van der Waals surface area contributed by atoms with E-state index in [1.165, 1.54) is 25.7 Å². The van der Waals surface area contributed by atoms with Crippen molar-refractivity contribution in [2.75, 3.05) is 5.32 Å². The van der Waals surface area contributed by atoms with Gasteiger partial charge in [0, 0.05) is 11.6 Å². The maximum Gasteiger partial charge on any atom is 0.159 e. The van der Waals surface area contributed by atoms with Crippen molar-refractivity contribution >= 4 is 5.69 Å². The molecule has 2 aromatic rings. The number of benzene rings is 1. The molecule has 1 aliphatic carbocycles. The molecule has 0 bridgehead atoms. The largest absolute Gasteiger partial charge is 0.380 e. The van der Waals surface area contributed by atoms with Crippen LogP contribution in [-0.4, -0.2) is 16.0 Å². The van der Waals surface area contributed by atoms with Gasteiger partial charge in [0.05, 0.1) is 18.1 Å². The summed E-state index contributed by atoms with van der Waals surface area (Å²) in [6.45, 7) is 2.33. The van der Waals surface area contributed by atoms with Gasteiger partial charge in [-0.3, -0.25) is 0 Å². The zero-order valence-corrected chi connectivity index (χ0v) is 11.9. The predicted octanol–water partition coefficient (Wildman–Crippen LogP) is 4.13. The highest BCUT2D eigenvalue weighted by Crippen LogP contribution is 2.26. The molecule has 0 amide bonds. The number of nitrogens with one attached hydrogen (secondary N) is 1. The number of anilines is 1. The molecule has 1 aromatic carbocycles. The Kier molecular flexibility index (Phi) is 3.95. The maximum atomic E-state index is 4.47. The van der Waals surface area contributed by atoms with E-state index >= 15 is 0 Å². The number of hydrogen-bond acceptors (Lipinski definition) is 3. The van der Waals surface area contributed by atoms with E-state index in [1.54, 1.807) is 0 Å². The van der Waals surface area contributed by atoms with E-state index in [0.29, 0.717) is 6.04 Å². The molecule has 0 radical (unpaired) electrons. The van der Waals surface area contributed by atoms with Gasteiger partial charge in [0.1, 0.15) is 0 Å². The van der Waals surface area contributed by atoms with E-state index in [9.17, 15) is 0 Å². The van der Waals surface area contributed by atoms with Crippen LogP contribution >= 0.6 is 0 Å². The van der Waals surface area contributed by atoms with Crippen LogP contribution in [0.25, 0.3) is 11.4 Å². The Morgan fingerprint density at radius 1 is 1.00 bits per heavy atom. The van der Waals surface area contributed by atoms with E-state index in [2.05, 4.69) is 22.2 Å². The molecule has 104 valence electrons. The van der Waals surface area contributed by atoms with Gasteiger partial charge in [-0.1, -0.05) is 50.1 Å². The molecule has 1 fully saturated rings. The van der Waals surface area contributed by atoms with Crippen molar-refractivity contribution in [2.45, 2.75) is 38.6 Å². The Labute approximate surface area is 120 Å². The molecule has 0 aliphatic heterocycles. The lowest BCUT2D eigenvalue weighted by Crippen LogP contribution is -2.30. The van der Waals surface area contributed by atoms with Crippen LogP contribution in [0.2, 0.25) is 0 Å². The maximum absolute atomic E-state index is 4.47. The lowest BCUT2D eigenvalue weighted by molar-refractivity contribution is 0.349. The zero-order chi connectivity index (χ0) is 13.8. The number of aromatic nitrogens is 2. The standard InChI is InChI=1S/C17H21N3/c1-13-7-5-6-10-16(13)20-15-11-18-17(19-12-15)14-8-3-2-4-9-14/h2-4,8-9,11-13,16,20H,5-7,10H2,1H3. The summed E-state index contributed by atoms with van der Waals surface area (Å²) in [6, 6.07) is 10.7. The molecule has 1 saturated carbocycles. The molecule has 0 saturated heterocycles. The first-order valence-corrected chi connectivity index (χ1v) is 7.47. The Balaban J connectivity index is 1.70. The van der Waals surface area contributed by atoms with Crippen LogP contribution in [0.5, 0.6) is 0 Å². The Bertz CT molecular complexity index is 536. The fourth-order valence-electron chi connectivity index (χ4n) is 2.88. The van der Waals surface area contributed by atoms with Gasteiger partial charge in [0.15, 0.2) is 5.82 Å². The highest BCUT2D eigenvalue weighted by Gasteiger charge is 2.20. The van der Waals surface area contributed by atoms with E-state index in [1.807, 2.05) is 42.7 Å². The monoisotopic (exact) mass is 267 g/mol. The summed E-state index contributed by atoms with van der Waals surface area (Å²) in [4.78, 5) is 8.93. The van der Waals surface area contributed by atoms with Crippen LogP contribution < -0.4 is 5.32 Å². The summed E-state index contributed by atoms with van der Waals surface area (Å²) in [5.74, 6) is 1.52. The van der Waals surface area contributed by atoms with Crippen LogP contribution in [0.1, 0.15) is 32.6 Å². The summed E-state index contributed by atoms with van der Waals surface area (Å²) in [6.07, 6.45) is 9.06. The van der Waals surface area contributed by atoms with E-state index < -0.39 is 0 Å². The molecule has 3 nitrogen and oxygen atoms in total. The lowest BCUT2D eigenvalue weighted by Gasteiger charge is -2.30. The molecule has 0 spiro atoms. The SMILES string of the molecule is CC1CCCCC1Nc1cnc(-c2ccccc2)nc1. The summed E-state index contributed by atoms with van der Waals surface area (Å²) in [7, 11) is 0. The second kappa shape index (κ2) is 6.04. The first kappa shape index (κ1) is 13.1. The van der Waals surface area contributed by atoms with Crippen molar-refractivity contribution in [2.24, 2.45) is 5.92 Å². The van der Waals surface area contributed by atoms with Gasteiger partial charge in [-0.25, -0.2) is 9.97 Å². The van der Waals surface area contributed by atoms with E-state index in [-0.39, 0.29) is 0 Å². The first-order chi connectivity index (χ1) is 9.83. The summed E-state index contributed by atoms with van der Waals surface area (Å²) < 4.78 is 0. The van der Waals surface area contributed by atoms with Crippen LogP contribution in [0.4, 0.5) is 5.69 Å². The van der Waals surface area contributed by atoms with Gasteiger partial charge < -0.3 is 5.32 Å². The first-order valence-electron chi connectivity index (χ1n) is 7.47. The van der Waals surface area contributed by atoms with Gasteiger partial charge in [0.25, 0.3) is 0 Å². The average Bonchev–Trinajstić information content (AvgIpc) is 2.51. The fraction of sp³-hybridized carbons (Fsp3) is 0.412. The Morgan fingerprint density at radius 2 is 1.70 bits per heavy atom. The lowest BCUT2D eigenvalue weighted by atomic mass is 9.86. The second-order valence-electron chi connectivity index (χ2n) is 5.67. The van der Waals surface area contributed by atoms with Gasteiger partial charge in [-0.15, -0.1) is 0 Å². The molecule has 2 atom stereocenters. The van der Waals surface area contributed by atoms with E-state index in [0.717, 1.165) is 23.0 Å². The van der Waals surface area contributed by atoms with Crippen molar-refractivity contribution in [3.8, 4) is 11.4 Å². The van der Waals surface area contributed by atoms with Crippen molar-refractivity contribution in [1.82, 2.24) is 9.97 Å². The molecule has 1 aliphatic rings. The van der Waals surface area contributed by atoms with Gasteiger partial charge in [-0.05, 0) is 18.8 Å². The van der Waals surface area contributed by atoms with Gasteiger partial charge in [0.2, 0.25) is 0 Å². The van der Waals surface area contributed by atoms with Crippen molar-refractivity contribution < 1.29 is 0 Å². The van der Waals surface area contributed by atoms with E-state index in [4.69, 9.17) is 0 Å². The van der Waals surface area contributed by atoms with Crippen molar-refractivity contribution in [1.29, 1.82) is 0 Å². The minimum Gasteiger partial charge on any atom is -0.380 e. The van der Waals surface area contributed by atoms with Crippen LogP contribution in [0, 0.1) is 5.92 Å². The van der Waals surface area contributed by atoms with Crippen LogP contribution in [-0.2, 0) is 0 Å². The minimum atomic E-state index is 0.565. The van der Waals surface area contributed by atoms with Crippen LogP contribution in [0.3, 0.4) is 0 Å². The molecule has 1 aromatic heterocycles. The highest BCUT2D eigenvalue weighted by molar-refractivity contribution is 5.55. The third-order valence-corrected chi connectivity index (χ3v) is 4.15. The normalized spacial score (nSPS) is 22.4. The Hall–Kier alpha value is -1.90. The number of rotatable bonds is 3. The summed E-state index contributed by atoms with van der Waals surface area (Å²) in [5, 5.41) is 3.58.